The second kappa shape index (κ2) is 9.21. The van der Waals surface area contributed by atoms with Crippen LogP contribution < -0.4 is 5.73 Å². The van der Waals surface area contributed by atoms with E-state index in [2.05, 4.69) is 52.9 Å². The van der Waals surface area contributed by atoms with Gasteiger partial charge in [0.15, 0.2) is 5.96 Å². The first-order chi connectivity index (χ1) is 11.5. The van der Waals surface area contributed by atoms with E-state index in [1.54, 1.807) is 0 Å². The van der Waals surface area contributed by atoms with Gasteiger partial charge in [-0.3, -0.25) is 4.90 Å². The van der Waals surface area contributed by atoms with E-state index in [-0.39, 0.29) is 24.0 Å². The van der Waals surface area contributed by atoms with Crippen LogP contribution in [-0.4, -0.2) is 41.9 Å². The predicted octanol–water partition coefficient (Wildman–Crippen LogP) is 3.69. The quantitative estimate of drug-likeness (QED) is 0.418. The van der Waals surface area contributed by atoms with Gasteiger partial charge >= 0.3 is 0 Å². The number of likely N-dealkylation sites (tertiary alicyclic amines) is 1. The molecular weight excluding hydrogens is 423 g/mol. The van der Waals surface area contributed by atoms with E-state index < -0.39 is 0 Å². The number of halogens is 1. The molecule has 2 atom stereocenters. The lowest BCUT2D eigenvalue weighted by Crippen LogP contribution is -2.38. The first kappa shape index (κ1) is 20.5. The second-order valence-electron chi connectivity index (χ2n) is 7.97. The first-order valence-corrected chi connectivity index (χ1v) is 9.34. The van der Waals surface area contributed by atoms with Crippen molar-refractivity contribution in [3.05, 3.63) is 35.4 Å². The molecule has 0 amide bonds. The smallest absolute Gasteiger partial charge is 0.191 e. The standard InChI is InChI=1S/C20H32N4.HI/c1-15-10-16(2)13-24(12-15)14-18-6-4-17(5-7-18)11-22-20(21)23(3)19-8-9-19;/h4-7,15-16,19H,8-14H2,1-3H3,(H2,21,22);1H. The summed E-state index contributed by atoms with van der Waals surface area (Å²) in [5, 5.41) is 0. The fourth-order valence-corrected chi connectivity index (χ4v) is 3.86. The summed E-state index contributed by atoms with van der Waals surface area (Å²) in [6.07, 6.45) is 3.86. The van der Waals surface area contributed by atoms with E-state index in [1.165, 1.54) is 43.5 Å². The highest BCUT2D eigenvalue weighted by Crippen LogP contribution is 2.25. The fraction of sp³-hybridized carbons (Fsp3) is 0.650. The molecule has 2 aliphatic rings. The number of aliphatic imine (C=N–C) groups is 1. The molecule has 2 N–H and O–H groups in total. The third-order valence-corrected chi connectivity index (χ3v) is 5.25. The molecule has 3 rings (SSSR count). The normalized spacial score (nSPS) is 24.7. The van der Waals surface area contributed by atoms with Crippen LogP contribution >= 0.6 is 24.0 Å². The van der Waals surface area contributed by atoms with Crippen LogP contribution in [0.25, 0.3) is 0 Å². The summed E-state index contributed by atoms with van der Waals surface area (Å²) in [4.78, 5) is 9.23. The van der Waals surface area contributed by atoms with Gasteiger partial charge in [0.1, 0.15) is 0 Å². The second-order valence-corrected chi connectivity index (χ2v) is 7.97. The molecule has 1 aliphatic heterocycles. The zero-order chi connectivity index (χ0) is 17.1. The maximum absolute atomic E-state index is 6.05. The van der Waals surface area contributed by atoms with Crippen molar-refractivity contribution in [3.63, 3.8) is 0 Å². The van der Waals surface area contributed by atoms with Crippen molar-refractivity contribution in [1.82, 2.24) is 9.80 Å². The summed E-state index contributed by atoms with van der Waals surface area (Å²) in [5.41, 5.74) is 8.68. The number of guanidine groups is 1. The number of piperidine rings is 1. The Kier molecular flexibility index (Phi) is 7.55. The van der Waals surface area contributed by atoms with E-state index in [4.69, 9.17) is 5.73 Å². The zero-order valence-electron chi connectivity index (χ0n) is 15.8. The molecule has 0 bridgehead atoms. The Morgan fingerprint density at radius 2 is 1.68 bits per heavy atom. The zero-order valence-corrected chi connectivity index (χ0v) is 18.1. The van der Waals surface area contributed by atoms with Crippen molar-refractivity contribution in [3.8, 4) is 0 Å². The first-order valence-electron chi connectivity index (χ1n) is 9.34. The summed E-state index contributed by atoms with van der Waals surface area (Å²) >= 11 is 0. The van der Waals surface area contributed by atoms with Gasteiger partial charge in [-0.15, -0.1) is 24.0 Å². The van der Waals surface area contributed by atoms with Gasteiger partial charge in [0, 0.05) is 32.7 Å². The molecule has 2 unspecified atom stereocenters. The molecule has 4 nitrogen and oxygen atoms in total. The molecule has 25 heavy (non-hydrogen) atoms. The van der Waals surface area contributed by atoms with Crippen molar-refractivity contribution < 1.29 is 0 Å². The Labute approximate surface area is 169 Å². The number of hydrogen-bond acceptors (Lipinski definition) is 2. The highest BCUT2D eigenvalue weighted by Gasteiger charge is 2.27. The highest BCUT2D eigenvalue weighted by molar-refractivity contribution is 14.0. The van der Waals surface area contributed by atoms with E-state index in [9.17, 15) is 0 Å². The van der Waals surface area contributed by atoms with Gasteiger partial charge < -0.3 is 10.6 Å². The predicted molar refractivity (Wildman–Crippen MR) is 116 cm³/mol. The molecule has 1 heterocycles. The number of hydrogen-bond donors (Lipinski definition) is 1. The minimum Gasteiger partial charge on any atom is -0.370 e. The Bertz CT molecular complexity index is 558. The number of nitrogens with zero attached hydrogens (tertiary/aromatic N) is 3. The van der Waals surface area contributed by atoms with Gasteiger partial charge in [0.05, 0.1) is 6.54 Å². The molecule has 140 valence electrons. The van der Waals surface area contributed by atoms with Gasteiger partial charge in [-0.1, -0.05) is 38.1 Å². The molecule has 1 saturated heterocycles. The van der Waals surface area contributed by atoms with E-state index in [0.717, 1.165) is 18.4 Å². The van der Waals surface area contributed by atoms with Crippen molar-refractivity contribution in [2.75, 3.05) is 20.1 Å². The van der Waals surface area contributed by atoms with E-state index in [0.29, 0.717) is 18.5 Å². The van der Waals surface area contributed by atoms with Crippen LogP contribution in [0.15, 0.2) is 29.3 Å². The number of nitrogens with two attached hydrogens (primary N) is 1. The Morgan fingerprint density at radius 1 is 1.12 bits per heavy atom. The van der Waals surface area contributed by atoms with Crippen molar-refractivity contribution in [2.24, 2.45) is 22.6 Å². The number of benzene rings is 1. The summed E-state index contributed by atoms with van der Waals surface area (Å²) in [7, 11) is 2.04. The summed E-state index contributed by atoms with van der Waals surface area (Å²) in [6.45, 7) is 8.91. The third kappa shape index (κ3) is 6.13. The van der Waals surface area contributed by atoms with Gasteiger partial charge in [0.25, 0.3) is 0 Å². The summed E-state index contributed by atoms with van der Waals surface area (Å²) in [5.74, 6) is 2.29. The highest BCUT2D eigenvalue weighted by atomic mass is 127. The van der Waals surface area contributed by atoms with Gasteiger partial charge in [-0.2, -0.15) is 0 Å². The van der Waals surface area contributed by atoms with Crippen molar-refractivity contribution >= 4 is 29.9 Å². The van der Waals surface area contributed by atoms with E-state index in [1.807, 2.05) is 7.05 Å². The summed E-state index contributed by atoms with van der Waals surface area (Å²) in [6, 6.07) is 9.50. The van der Waals surface area contributed by atoms with E-state index >= 15 is 0 Å². The molecule has 2 fully saturated rings. The SMILES string of the molecule is CC1CC(C)CN(Cc2ccc(CN=C(N)N(C)C3CC3)cc2)C1.I. The molecule has 0 aromatic heterocycles. The van der Waals surface area contributed by atoms with Crippen LogP contribution in [0.1, 0.15) is 44.2 Å². The minimum absolute atomic E-state index is 0. The van der Waals surface area contributed by atoms with Crippen molar-refractivity contribution in [1.29, 1.82) is 0 Å². The average Bonchev–Trinajstić information content (AvgIpc) is 3.37. The van der Waals surface area contributed by atoms with Crippen LogP contribution in [-0.2, 0) is 13.1 Å². The Balaban J connectivity index is 0.00000225. The van der Waals surface area contributed by atoms with Gasteiger partial charge in [-0.25, -0.2) is 4.99 Å². The lowest BCUT2D eigenvalue weighted by atomic mass is 9.91. The molecule has 0 spiro atoms. The van der Waals surface area contributed by atoms with Crippen LogP contribution in [0.2, 0.25) is 0 Å². The van der Waals surface area contributed by atoms with Crippen LogP contribution in [0.3, 0.4) is 0 Å². The molecule has 1 saturated carbocycles. The van der Waals surface area contributed by atoms with Crippen LogP contribution in [0, 0.1) is 11.8 Å². The fourth-order valence-electron chi connectivity index (χ4n) is 3.86. The molecule has 1 aliphatic carbocycles. The Morgan fingerprint density at radius 3 is 2.24 bits per heavy atom. The summed E-state index contributed by atoms with van der Waals surface area (Å²) < 4.78 is 0. The maximum Gasteiger partial charge on any atom is 0.191 e. The molecule has 1 aromatic rings. The lowest BCUT2D eigenvalue weighted by Gasteiger charge is -2.35. The Hall–Kier alpha value is -0.820. The third-order valence-electron chi connectivity index (χ3n) is 5.25. The van der Waals surface area contributed by atoms with Crippen LogP contribution in [0.4, 0.5) is 0 Å². The molecule has 5 heteroatoms. The number of rotatable bonds is 5. The van der Waals surface area contributed by atoms with Crippen LogP contribution in [0.5, 0.6) is 0 Å². The average molecular weight is 456 g/mol. The maximum atomic E-state index is 6.05. The molecule has 1 aromatic carbocycles. The lowest BCUT2D eigenvalue weighted by molar-refractivity contribution is 0.134. The topological polar surface area (TPSA) is 44.9 Å². The molecule has 0 radical (unpaired) electrons. The van der Waals surface area contributed by atoms with Gasteiger partial charge in [-0.05, 0) is 42.2 Å². The minimum atomic E-state index is 0. The monoisotopic (exact) mass is 456 g/mol. The largest absolute Gasteiger partial charge is 0.370 e. The molecular formula is C20H33IN4. The van der Waals surface area contributed by atoms with Gasteiger partial charge in [0.2, 0.25) is 0 Å². The van der Waals surface area contributed by atoms with Crippen molar-refractivity contribution in [2.45, 2.75) is 52.2 Å².